The predicted molar refractivity (Wildman–Crippen MR) is 82.7 cm³/mol. The first kappa shape index (κ1) is 10.6. The van der Waals surface area contributed by atoms with Gasteiger partial charge in [-0.25, -0.2) is 0 Å². The minimum absolute atomic E-state index is 1.30. The first-order valence-electron chi connectivity index (χ1n) is 6.62. The van der Waals surface area contributed by atoms with Gasteiger partial charge in [-0.15, -0.1) is 0 Å². The Bertz CT molecular complexity index is 929. The Balaban J connectivity index is 2.35. The minimum atomic E-state index is 1.30. The van der Waals surface area contributed by atoms with Gasteiger partial charge in [-0.2, -0.15) is 0 Å². The molecule has 0 radical (unpaired) electrons. The highest BCUT2D eigenvalue weighted by Crippen LogP contribution is 2.33. The minimum Gasteiger partial charge on any atom is -0.343 e. The van der Waals surface area contributed by atoms with Gasteiger partial charge in [0.05, 0.1) is 5.52 Å². The normalized spacial score (nSPS) is 11.7. The Morgan fingerprint density at radius 2 is 1.58 bits per heavy atom. The maximum Gasteiger partial charge on any atom is 0.0568 e. The maximum atomic E-state index is 2.32. The van der Waals surface area contributed by atoms with Gasteiger partial charge in [0.2, 0.25) is 0 Å². The Labute approximate surface area is 112 Å². The van der Waals surface area contributed by atoms with Crippen molar-refractivity contribution in [1.29, 1.82) is 0 Å². The molecule has 0 atom stereocenters. The molecule has 0 unspecified atom stereocenters. The van der Waals surface area contributed by atoms with Crippen molar-refractivity contribution in [2.75, 3.05) is 0 Å². The van der Waals surface area contributed by atoms with E-state index in [9.17, 15) is 0 Å². The van der Waals surface area contributed by atoms with Gasteiger partial charge in [0.15, 0.2) is 0 Å². The Kier molecular flexibility index (Phi) is 2.02. The van der Waals surface area contributed by atoms with Crippen LogP contribution in [0.15, 0.2) is 54.6 Å². The Hall–Kier alpha value is -2.28. The number of benzene rings is 3. The third-order valence-electron chi connectivity index (χ3n) is 4.04. The van der Waals surface area contributed by atoms with Crippen LogP contribution in [0.5, 0.6) is 0 Å². The van der Waals surface area contributed by atoms with Gasteiger partial charge in [-0.3, -0.25) is 0 Å². The lowest BCUT2D eigenvalue weighted by Gasteiger charge is -2.03. The summed E-state index contributed by atoms with van der Waals surface area (Å²) in [4.78, 5) is 0. The van der Waals surface area contributed by atoms with Crippen LogP contribution in [-0.2, 0) is 7.05 Å². The molecule has 0 fully saturated rings. The third-order valence-corrected chi connectivity index (χ3v) is 4.04. The van der Waals surface area contributed by atoms with Gasteiger partial charge < -0.3 is 4.57 Å². The fraction of sp³-hybridized carbons (Fsp3) is 0.111. The van der Waals surface area contributed by atoms with Crippen LogP contribution in [0.3, 0.4) is 0 Å². The number of hydrogen-bond donors (Lipinski definition) is 0. The molecular weight excluding hydrogens is 230 g/mol. The maximum absolute atomic E-state index is 2.32. The lowest BCUT2D eigenvalue weighted by molar-refractivity contribution is 1.02. The van der Waals surface area contributed by atoms with E-state index in [2.05, 4.69) is 73.1 Å². The molecule has 0 aliphatic rings. The molecule has 0 amide bonds. The highest BCUT2D eigenvalue weighted by atomic mass is 14.9. The van der Waals surface area contributed by atoms with E-state index in [1.54, 1.807) is 0 Å². The van der Waals surface area contributed by atoms with Crippen LogP contribution in [0.1, 0.15) is 5.56 Å². The first-order valence-corrected chi connectivity index (χ1v) is 6.62. The van der Waals surface area contributed by atoms with Crippen molar-refractivity contribution in [3.8, 4) is 0 Å². The fourth-order valence-corrected chi connectivity index (χ4v) is 3.10. The Morgan fingerprint density at radius 1 is 0.789 bits per heavy atom. The van der Waals surface area contributed by atoms with E-state index in [-0.39, 0.29) is 0 Å². The van der Waals surface area contributed by atoms with E-state index >= 15 is 0 Å². The molecule has 0 aliphatic carbocycles. The fourth-order valence-electron chi connectivity index (χ4n) is 3.10. The van der Waals surface area contributed by atoms with Crippen molar-refractivity contribution in [1.82, 2.24) is 4.57 Å². The topological polar surface area (TPSA) is 4.93 Å². The molecule has 4 aromatic rings. The molecule has 0 saturated carbocycles. The molecule has 92 valence electrons. The molecule has 0 aliphatic heterocycles. The number of aryl methyl sites for hydroxylation is 2. The van der Waals surface area contributed by atoms with E-state index in [1.807, 2.05) is 0 Å². The summed E-state index contributed by atoms with van der Waals surface area (Å²) in [5.74, 6) is 0. The van der Waals surface area contributed by atoms with Crippen molar-refractivity contribution in [3.63, 3.8) is 0 Å². The van der Waals surface area contributed by atoms with E-state index in [4.69, 9.17) is 0 Å². The molecule has 1 heteroatoms. The average molecular weight is 245 g/mol. The second kappa shape index (κ2) is 3.61. The Morgan fingerprint density at radius 3 is 2.47 bits per heavy atom. The highest BCUT2D eigenvalue weighted by Gasteiger charge is 2.10. The van der Waals surface area contributed by atoms with Crippen LogP contribution in [0.25, 0.3) is 32.6 Å². The molecule has 0 N–H and O–H groups in total. The SMILES string of the molecule is Cc1ccc2c3ccc4ccccc4c3n(C)c2c1. The lowest BCUT2D eigenvalue weighted by Crippen LogP contribution is -1.88. The zero-order valence-electron chi connectivity index (χ0n) is 11.1. The molecule has 19 heavy (non-hydrogen) atoms. The summed E-state index contributed by atoms with van der Waals surface area (Å²) in [5.41, 5.74) is 3.95. The summed E-state index contributed by atoms with van der Waals surface area (Å²) in [6.45, 7) is 2.15. The standard InChI is InChI=1S/C18H15N/c1-12-7-9-15-16-10-8-13-5-3-4-6-14(13)18(16)19(2)17(15)11-12/h3-11H,1-2H3. The summed E-state index contributed by atoms with van der Waals surface area (Å²) >= 11 is 0. The molecule has 0 bridgehead atoms. The number of nitrogens with zero attached hydrogens (tertiary/aromatic N) is 1. The highest BCUT2D eigenvalue weighted by molar-refractivity contribution is 6.17. The zero-order chi connectivity index (χ0) is 13.0. The quantitative estimate of drug-likeness (QED) is 0.419. The van der Waals surface area contributed by atoms with E-state index < -0.39 is 0 Å². The molecule has 0 saturated heterocycles. The molecule has 1 heterocycles. The zero-order valence-corrected chi connectivity index (χ0v) is 11.1. The molecule has 1 aromatic heterocycles. The van der Waals surface area contributed by atoms with Gasteiger partial charge in [0, 0.05) is 28.7 Å². The average Bonchev–Trinajstić information content (AvgIpc) is 2.72. The third kappa shape index (κ3) is 1.36. The van der Waals surface area contributed by atoms with E-state index in [0.717, 1.165) is 0 Å². The van der Waals surface area contributed by atoms with E-state index in [1.165, 1.54) is 38.1 Å². The number of hydrogen-bond acceptors (Lipinski definition) is 0. The molecule has 4 rings (SSSR count). The summed E-state index contributed by atoms with van der Waals surface area (Å²) in [6, 6.07) is 19.8. The van der Waals surface area contributed by atoms with Crippen molar-refractivity contribution in [2.24, 2.45) is 7.05 Å². The number of fused-ring (bicyclic) bond motifs is 5. The largest absolute Gasteiger partial charge is 0.343 e. The summed E-state index contributed by atoms with van der Waals surface area (Å²) in [7, 11) is 2.16. The predicted octanol–water partition coefficient (Wildman–Crippen LogP) is 4.79. The van der Waals surface area contributed by atoms with Crippen LogP contribution < -0.4 is 0 Å². The van der Waals surface area contributed by atoms with Crippen molar-refractivity contribution in [3.05, 3.63) is 60.2 Å². The van der Waals surface area contributed by atoms with Crippen LogP contribution >= 0.6 is 0 Å². The smallest absolute Gasteiger partial charge is 0.0568 e. The summed E-state index contributed by atoms with van der Waals surface area (Å²) in [6.07, 6.45) is 0. The molecular formula is C18H15N. The van der Waals surface area contributed by atoms with Gasteiger partial charge in [0.1, 0.15) is 0 Å². The van der Waals surface area contributed by atoms with Gasteiger partial charge in [-0.1, -0.05) is 48.5 Å². The van der Waals surface area contributed by atoms with Crippen molar-refractivity contribution < 1.29 is 0 Å². The number of aromatic nitrogens is 1. The molecule has 3 aromatic carbocycles. The molecule has 0 spiro atoms. The lowest BCUT2D eigenvalue weighted by atomic mass is 10.1. The van der Waals surface area contributed by atoms with Crippen LogP contribution in [-0.4, -0.2) is 4.57 Å². The van der Waals surface area contributed by atoms with Gasteiger partial charge in [0.25, 0.3) is 0 Å². The van der Waals surface area contributed by atoms with Crippen molar-refractivity contribution in [2.45, 2.75) is 6.92 Å². The second-order valence-electron chi connectivity index (χ2n) is 5.26. The first-order chi connectivity index (χ1) is 9.25. The summed E-state index contributed by atoms with van der Waals surface area (Å²) < 4.78 is 2.32. The van der Waals surface area contributed by atoms with Crippen molar-refractivity contribution >= 4 is 32.6 Å². The van der Waals surface area contributed by atoms with Gasteiger partial charge >= 0.3 is 0 Å². The van der Waals surface area contributed by atoms with Gasteiger partial charge in [-0.05, 0) is 23.9 Å². The van der Waals surface area contributed by atoms with Crippen LogP contribution in [0, 0.1) is 6.92 Å². The summed E-state index contributed by atoms with van der Waals surface area (Å²) in [5, 5.41) is 5.32. The number of rotatable bonds is 0. The van der Waals surface area contributed by atoms with E-state index in [0.29, 0.717) is 0 Å². The molecule has 1 nitrogen and oxygen atoms in total. The monoisotopic (exact) mass is 245 g/mol. The van der Waals surface area contributed by atoms with Crippen LogP contribution in [0.4, 0.5) is 0 Å². The van der Waals surface area contributed by atoms with Crippen LogP contribution in [0.2, 0.25) is 0 Å². The second-order valence-corrected chi connectivity index (χ2v) is 5.26.